The van der Waals surface area contributed by atoms with E-state index in [9.17, 15) is 4.79 Å². The highest BCUT2D eigenvalue weighted by Gasteiger charge is 2.27. The van der Waals surface area contributed by atoms with E-state index in [0.29, 0.717) is 26.2 Å². The third-order valence-electron chi connectivity index (χ3n) is 5.36. The molecule has 2 aliphatic rings. The maximum atomic E-state index is 12.6. The van der Waals surface area contributed by atoms with Crippen molar-refractivity contribution in [1.29, 1.82) is 0 Å². The molecule has 2 aliphatic heterocycles. The second-order valence-electron chi connectivity index (χ2n) is 7.40. The van der Waals surface area contributed by atoms with Crippen molar-refractivity contribution in [3.63, 3.8) is 0 Å². The molecule has 5 nitrogen and oxygen atoms in total. The smallest absolute Gasteiger partial charge is 0.236 e. The third-order valence-corrected chi connectivity index (χ3v) is 5.36. The Morgan fingerprint density at radius 2 is 1.85 bits per heavy atom. The maximum Gasteiger partial charge on any atom is 0.236 e. The zero-order chi connectivity index (χ0) is 18.5. The van der Waals surface area contributed by atoms with Crippen LogP contribution in [0.1, 0.15) is 35.9 Å². The summed E-state index contributed by atoms with van der Waals surface area (Å²) in [7, 11) is 0. The van der Waals surface area contributed by atoms with Gasteiger partial charge in [-0.05, 0) is 43.6 Å². The van der Waals surface area contributed by atoms with Crippen LogP contribution in [-0.4, -0.2) is 60.0 Å². The molecule has 2 saturated heterocycles. The van der Waals surface area contributed by atoms with Crippen LogP contribution in [0.3, 0.4) is 0 Å². The van der Waals surface area contributed by atoms with Gasteiger partial charge in [0.15, 0.2) is 0 Å². The fourth-order valence-corrected chi connectivity index (χ4v) is 3.87. The van der Waals surface area contributed by atoms with Crippen LogP contribution in [-0.2, 0) is 16.0 Å². The zero-order valence-corrected chi connectivity index (χ0v) is 15.7. The SMILES string of the molecule is O=C(CN1CCCC1)N1CCO[C@@H](c2cccc(Cc3ccccc3)n2)C1. The molecule has 0 unspecified atom stereocenters. The Labute approximate surface area is 161 Å². The molecule has 27 heavy (non-hydrogen) atoms. The number of hydrogen-bond acceptors (Lipinski definition) is 4. The first kappa shape index (κ1) is 18.1. The lowest BCUT2D eigenvalue weighted by Gasteiger charge is -2.33. The monoisotopic (exact) mass is 365 g/mol. The number of benzene rings is 1. The Bertz CT molecular complexity index is 759. The van der Waals surface area contributed by atoms with E-state index in [1.807, 2.05) is 35.2 Å². The number of rotatable bonds is 5. The lowest BCUT2D eigenvalue weighted by Crippen LogP contribution is -2.46. The van der Waals surface area contributed by atoms with E-state index in [1.54, 1.807) is 0 Å². The van der Waals surface area contributed by atoms with Gasteiger partial charge in [0.1, 0.15) is 6.10 Å². The molecular formula is C22H27N3O2. The van der Waals surface area contributed by atoms with Crippen LogP contribution in [0.15, 0.2) is 48.5 Å². The molecule has 0 radical (unpaired) electrons. The summed E-state index contributed by atoms with van der Waals surface area (Å²) in [6.45, 7) is 4.46. The normalized spacial score (nSPS) is 20.7. The molecule has 2 aromatic rings. The number of aromatic nitrogens is 1. The van der Waals surface area contributed by atoms with E-state index in [-0.39, 0.29) is 12.0 Å². The standard InChI is InChI=1S/C22H27N3O2/c26-22(17-24-11-4-5-12-24)25-13-14-27-21(16-25)20-10-6-9-19(23-20)15-18-7-2-1-3-8-18/h1-3,6-10,21H,4-5,11-17H2/t21-/m1/s1. The molecule has 0 saturated carbocycles. The molecule has 2 fully saturated rings. The van der Waals surface area contributed by atoms with E-state index in [2.05, 4.69) is 23.1 Å². The number of nitrogens with zero attached hydrogens (tertiary/aromatic N) is 3. The predicted octanol–water partition coefficient (Wildman–Crippen LogP) is 2.67. The Morgan fingerprint density at radius 1 is 1.04 bits per heavy atom. The average molecular weight is 365 g/mol. The Morgan fingerprint density at radius 3 is 2.67 bits per heavy atom. The summed E-state index contributed by atoms with van der Waals surface area (Å²) in [6, 6.07) is 16.4. The highest BCUT2D eigenvalue weighted by atomic mass is 16.5. The van der Waals surface area contributed by atoms with Gasteiger partial charge in [-0.15, -0.1) is 0 Å². The van der Waals surface area contributed by atoms with Gasteiger partial charge in [-0.3, -0.25) is 14.7 Å². The third kappa shape index (κ3) is 4.73. The number of likely N-dealkylation sites (tertiary alicyclic amines) is 1. The molecule has 0 spiro atoms. The highest BCUT2D eigenvalue weighted by Crippen LogP contribution is 2.22. The number of carbonyl (C=O) groups excluding carboxylic acids is 1. The van der Waals surface area contributed by atoms with Crippen molar-refractivity contribution in [1.82, 2.24) is 14.8 Å². The number of hydrogen-bond donors (Lipinski definition) is 0. The number of carbonyl (C=O) groups is 1. The molecule has 3 heterocycles. The molecule has 0 N–H and O–H groups in total. The van der Waals surface area contributed by atoms with Crippen LogP contribution in [0.4, 0.5) is 0 Å². The van der Waals surface area contributed by atoms with E-state index >= 15 is 0 Å². The average Bonchev–Trinajstić information content (AvgIpc) is 3.22. The molecule has 1 aromatic carbocycles. The van der Waals surface area contributed by atoms with Gasteiger partial charge in [-0.25, -0.2) is 0 Å². The van der Waals surface area contributed by atoms with Crippen molar-refractivity contribution < 1.29 is 9.53 Å². The summed E-state index contributed by atoms with van der Waals surface area (Å²) >= 11 is 0. The number of pyridine rings is 1. The first-order chi connectivity index (χ1) is 13.3. The summed E-state index contributed by atoms with van der Waals surface area (Å²) < 4.78 is 5.95. The van der Waals surface area contributed by atoms with Gasteiger partial charge >= 0.3 is 0 Å². The van der Waals surface area contributed by atoms with Crippen molar-refractivity contribution in [2.24, 2.45) is 0 Å². The van der Waals surface area contributed by atoms with E-state index in [1.165, 1.54) is 18.4 Å². The minimum absolute atomic E-state index is 0.142. The summed E-state index contributed by atoms with van der Waals surface area (Å²) in [5.74, 6) is 0.214. The lowest BCUT2D eigenvalue weighted by molar-refractivity contribution is -0.140. The molecule has 1 amide bonds. The molecule has 142 valence electrons. The molecule has 1 atom stereocenters. The molecule has 5 heteroatoms. The molecular weight excluding hydrogens is 338 g/mol. The van der Waals surface area contributed by atoms with Crippen LogP contribution in [0.25, 0.3) is 0 Å². The predicted molar refractivity (Wildman–Crippen MR) is 104 cm³/mol. The van der Waals surface area contributed by atoms with Crippen LogP contribution in [0, 0.1) is 0 Å². The highest BCUT2D eigenvalue weighted by molar-refractivity contribution is 5.78. The van der Waals surface area contributed by atoms with Gasteiger partial charge in [0.05, 0.1) is 25.4 Å². The Balaban J connectivity index is 1.40. The lowest BCUT2D eigenvalue weighted by atomic mass is 10.1. The van der Waals surface area contributed by atoms with Crippen molar-refractivity contribution in [3.8, 4) is 0 Å². The maximum absolute atomic E-state index is 12.6. The summed E-state index contributed by atoms with van der Waals surface area (Å²) in [5.41, 5.74) is 3.19. The minimum atomic E-state index is -0.142. The van der Waals surface area contributed by atoms with E-state index in [4.69, 9.17) is 9.72 Å². The van der Waals surface area contributed by atoms with Gasteiger partial charge in [-0.1, -0.05) is 36.4 Å². The Kier molecular flexibility index (Phi) is 5.80. The van der Waals surface area contributed by atoms with Crippen molar-refractivity contribution >= 4 is 5.91 Å². The fraction of sp³-hybridized carbons (Fsp3) is 0.455. The first-order valence-electron chi connectivity index (χ1n) is 9.89. The van der Waals surface area contributed by atoms with Gasteiger partial charge in [0, 0.05) is 18.7 Å². The second kappa shape index (κ2) is 8.63. The molecule has 4 rings (SSSR count). The van der Waals surface area contributed by atoms with Gasteiger partial charge in [0.25, 0.3) is 0 Å². The minimum Gasteiger partial charge on any atom is -0.368 e. The van der Waals surface area contributed by atoms with Crippen molar-refractivity contribution in [2.75, 3.05) is 39.3 Å². The quantitative estimate of drug-likeness (QED) is 0.817. The van der Waals surface area contributed by atoms with E-state index in [0.717, 1.165) is 30.9 Å². The first-order valence-corrected chi connectivity index (χ1v) is 9.89. The summed E-state index contributed by atoms with van der Waals surface area (Å²) in [6.07, 6.45) is 3.07. The number of ether oxygens (including phenoxy) is 1. The number of morpholine rings is 1. The summed E-state index contributed by atoms with van der Waals surface area (Å²) in [5, 5.41) is 0. The van der Waals surface area contributed by atoms with Crippen LogP contribution in [0.5, 0.6) is 0 Å². The van der Waals surface area contributed by atoms with Crippen LogP contribution in [0.2, 0.25) is 0 Å². The number of amides is 1. The topological polar surface area (TPSA) is 45.7 Å². The fourth-order valence-electron chi connectivity index (χ4n) is 3.87. The van der Waals surface area contributed by atoms with Gasteiger partial charge < -0.3 is 9.64 Å². The van der Waals surface area contributed by atoms with E-state index < -0.39 is 0 Å². The van der Waals surface area contributed by atoms with Gasteiger partial charge in [0.2, 0.25) is 5.91 Å². The van der Waals surface area contributed by atoms with Gasteiger partial charge in [-0.2, -0.15) is 0 Å². The largest absolute Gasteiger partial charge is 0.368 e. The van der Waals surface area contributed by atoms with Crippen LogP contribution >= 0.6 is 0 Å². The zero-order valence-electron chi connectivity index (χ0n) is 15.7. The van der Waals surface area contributed by atoms with Crippen LogP contribution < -0.4 is 0 Å². The second-order valence-corrected chi connectivity index (χ2v) is 7.40. The molecule has 1 aromatic heterocycles. The Hall–Kier alpha value is -2.24. The van der Waals surface area contributed by atoms with Crippen molar-refractivity contribution in [2.45, 2.75) is 25.4 Å². The molecule has 0 bridgehead atoms. The molecule has 0 aliphatic carbocycles. The van der Waals surface area contributed by atoms with Crippen molar-refractivity contribution in [3.05, 3.63) is 65.5 Å². The summed E-state index contributed by atoms with van der Waals surface area (Å²) in [4.78, 5) is 21.7.